The first kappa shape index (κ1) is 12.6. The maximum Gasteiger partial charge on any atom is 0.0821 e. The van der Waals surface area contributed by atoms with Gasteiger partial charge in [0.1, 0.15) is 0 Å². The number of nitrogens with zero attached hydrogens (tertiary/aromatic N) is 1. The lowest BCUT2D eigenvalue weighted by Gasteiger charge is -2.24. The first-order valence-corrected chi connectivity index (χ1v) is 5.50. The number of rotatable bonds is 3. The van der Waals surface area contributed by atoms with Gasteiger partial charge in [0.2, 0.25) is 0 Å². The molecule has 0 bridgehead atoms. The van der Waals surface area contributed by atoms with Crippen LogP contribution >= 0.6 is 23.2 Å². The number of benzene rings is 1. The van der Waals surface area contributed by atoms with Crippen LogP contribution in [-0.4, -0.2) is 32.2 Å². The molecular formula is C11H15Cl2NO. The van der Waals surface area contributed by atoms with E-state index in [-0.39, 0.29) is 15.8 Å². The van der Waals surface area contributed by atoms with Crippen LogP contribution in [0.2, 0.25) is 10.0 Å². The lowest BCUT2D eigenvalue weighted by Crippen LogP contribution is -2.36. The highest BCUT2D eigenvalue weighted by Crippen LogP contribution is 2.30. The Kier molecular flexibility index (Phi) is 3.87. The van der Waals surface area contributed by atoms with Gasteiger partial charge >= 0.3 is 0 Å². The monoisotopic (exact) mass is 247 g/mol. The minimum Gasteiger partial charge on any atom is -0.870 e. The van der Waals surface area contributed by atoms with Gasteiger partial charge in [-0.15, -0.1) is 0 Å². The molecule has 0 N–H and O–H groups in total. The molecule has 0 fully saturated rings. The maximum atomic E-state index is 11.3. The van der Waals surface area contributed by atoms with Gasteiger partial charge < -0.3 is 9.59 Å². The molecule has 0 aliphatic heterocycles. The van der Waals surface area contributed by atoms with Gasteiger partial charge in [-0.1, -0.05) is 29.0 Å². The molecule has 0 saturated carbocycles. The molecule has 0 aliphatic rings. The van der Waals surface area contributed by atoms with E-state index in [9.17, 15) is 5.11 Å². The molecule has 0 spiro atoms. The fourth-order valence-corrected chi connectivity index (χ4v) is 1.75. The summed E-state index contributed by atoms with van der Waals surface area (Å²) < 4.78 is 0.869. The van der Waals surface area contributed by atoms with E-state index >= 15 is 0 Å². The van der Waals surface area contributed by atoms with Crippen molar-refractivity contribution in [1.82, 2.24) is 0 Å². The Labute approximate surface area is 101 Å². The Hall–Kier alpha value is -0.440. The van der Waals surface area contributed by atoms with Crippen molar-refractivity contribution in [2.24, 2.45) is 0 Å². The van der Waals surface area contributed by atoms with E-state index in [1.165, 1.54) is 0 Å². The second kappa shape index (κ2) is 4.60. The third-order valence-electron chi connectivity index (χ3n) is 2.13. The van der Waals surface area contributed by atoms with Crippen LogP contribution in [0.25, 0.3) is 0 Å². The van der Waals surface area contributed by atoms with Crippen LogP contribution in [0.15, 0.2) is 12.1 Å². The zero-order valence-electron chi connectivity index (χ0n) is 9.18. The molecule has 1 rings (SSSR count). The summed E-state index contributed by atoms with van der Waals surface area (Å²) in [5, 5.41) is 11.7. The maximum absolute atomic E-state index is 11.3. The molecule has 84 valence electrons. The molecule has 0 heterocycles. The van der Waals surface area contributed by atoms with Gasteiger partial charge in [0, 0.05) is 16.5 Å². The van der Waals surface area contributed by atoms with Crippen molar-refractivity contribution in [2.45, 2.75) is 6.42 Å². The molecule has 0 atom stereocenters. The first-order valence-electron chi connectivity index (χ1n) is 4.75. The Morgan fingerprint density at radius 3 is 2.00 bits per heavy atom. The first-order chi connectivity index (χ1) is 6.79. The summed E-state index contributed by atoms with van der Waals surface area (Å²) in [7, 11) is 6.35. The topological polar surface area (TPSA) is 23.1 Å². The van der Waals surface area contributed by atoms with E-state index in [0.717, 1.165) is 23.0 Å². The zero-order chi connectivity index (χ0) is 11.6. The third-order valence-corrected chi connectivity index (χ3v) is 2.69. The lowest BCUT2D eigenvalue weighted by atomic mass is 10.1. The number of quaternary nitrogens is 1. The van der Waals surface area contributed by atoms with Crippen molar-refractivity contribution in [3.63, 3.8) is 0 Å². The molecule has 4 heteroatoms. The highest BCUT2D eigenvalue weighted by Gasteiger charge is 2.08. The number of halogens is 2. The van der Waals surface area contributed by atoms with E-state index < -0.39 is 0 Å². The molecule has 0 amide bonds. The van der Waals surface area contributed by atoms with Gasteiger partial charge in [0.25, 0.3) is 0 Å². The van der Waals surface area contributed by atoms with Crippen molar-refractivity contribution >= 4 is 23.2 Å². The van der Waals surface area contributed by atoms with Crippen molar-refractivity contribution in [2.75, 3.05) is 27.7 Å². The highest BCUT2D eigenvalue weighted by atomic mass is 35.5. The minimum absolute atomic E-state index is 0.207. The second-order valence-corrected chi connectivity index (χ2v) is 5.47. The fourth-order valence-electron chi connectivity index (χ4n) is 1.22. The molecule has 1 aromatic rings. The number of hydrogen-bond acceptors (Lipinski definition) is 1. The van der Waals surface area contributed by atoms with Crippen LogP contribution in [0.4, 0.5) is 0 Å². The third kappa shape index (κ3) is 3.90. The Bertz CT molecular complexity index is 335. The summed E-state index contributed by atoms with van der Waals surface area (Å²) in [6, 6.07) is 3.40. The molecular weight excluding hydrogens is 233 g/mol. The largest absolute Gasteiger partial charge is 0.870 e. The molecule has 0 radical (unpaired) electrons. The van der Waals surface area contributed by atoms with E-state index in [4.69, 9.17) is 23.2 Å². The summed E-state index contributed by atoms with van der Waals surface area (Å²) in [6.45, 7) is 0.977. The molecule has 0 saturated heterocycles. The molecule has 0 unspecified atom stereocenters. The molecule has 0 aromatic heterocycles. The molecule has 15 heavy (non-hydrogen) atoms. The zero-order valence-corrected chi connectivity index (χ0v) is 10.7. The molecule has 1 aromatic carbocycles. The van der Waals surface area contributed by atoms with Gasteiger partial charge in [-0.3, -0.25) is 0 Å². The van der Waals surface area contributed by atoms with E-state index in [1.807, 2.05) is 0 Å². The highest BCUT2D eigenvalue weighted by molar-refractivity contribution is 6.37. The van der Waals surface area contributed by atoms with Crippen LogP contribution < -0.4 is 5.11 Å². The van der Waals surface area contributed by atoms with Gasteiger partial charge in [0.05, 0.1) is 27.7 Å². The average Bonchev–Trinajstić information content (AvgIpc) is 2.09. The average molecular weight is 248 g/mol. The Balaban J connectivity index is 2.80. The van der Waals surface area contributed by atoms with Gasteiger partial charge in [-0.25, -0.2) is 0 Å². The van der Waals surface area contributed by atoms with Crippen LogP contribution in [0, 0.1) is 0 Å². The van der Waals surface area contributed by atoms with Gasteiger partial charge in [0.15, 0.2) is 0 Å². The fraction of sp³-hybridized carbons (Fsp3) is 0.455. The summed E-state index contributed by atoms with van der Waals surface area (Å²) in [4.78, 5) is 0. The Morgan fingerprint density at radius 1 is 1.13 bits per heavy atom. The molecule has 0 aliphatic carbocycles. The van der Waals surface area contributed by atoms with Crippen molar-refractivity contribution < 1.29 is 9.59 Å². The van der Waals surface area contributed by atoms with Crippen LogP contribution in [0.1, 0.15) is 5.56 Å². The summed E-state index contributed by atoms with van der Waals surface area (Å²) in [5.41, 5.74) is 1.01. The molecule has 2 nitrogen and oxygen atoms in total. The van der Waals surface area contributed by atoms with Gasteiger partial charge in [-0.2, -0.15) is 0 Å². The number of hydrogen-bond donors (Lipinski definition) is 0. The van der Waals surface area contributed by atoms with Crippen molar-refractivity contribution in [3.8, 4) is 5.75 Å². The Morgan fingerprint density at radius 2 is 1.60 bits per heavy atom. The predicted molar refractivity (Wildman–Crippen MR) is 62.5 cm³/mol. The van der Waals surface area contributed by atoms with Crippen LogP contribution in [0.5, 0.6) is 5.75 Å². The van der Waals surface area contributed by atoms with E-state index in [2.05, 4.69) is 21.1 Å². The quantitative estimate of drug-likeness (QED) is 0.753. The lowest BCUT2D eigenvalue weighted by molar-refractivity contribution is -0.870. The van der Waals surface area contributed by atoms with E-state index in [0.29, 0.717) is 0 Å². The van der Waals surface area contributed by atoms with Crippen LogP contribution in [-0.2, 0) is 6.42 Å². The minimum atomic E-state index is -0.285. The summed E-state index contributed by atoms with van der Waals surface area (Å²) >= 11 is 11.5. The normalized spacial score (nSPS) is 11.8. The summed E-state index contributed by atoms with van der Waals surface area (Å²) in [6.07, 6.45) is 0.864. The SMILES string of the molecule is C[N+](C)(C)CCc1cc(Cl)c([O-])c(Cl)c1. The van der Waals surface area contributed by atoms with Crippen molar-refractivity contribution in [3.05, 3.63) is 27.7 Å². The van der Waals surface area contributed by atoms with Gasteiger partial charge in [-0.05, 0) is 17.7 Å². The van der Waals surface area contributed by atoms with Crippen LogP contribution in [0.3, 0.4) is 0 Å². The second-order valence-electron chi connectivity index (χ2n) is 4.65. The van der Waals surface area contributed by atoms with Crippen molar-refractivity contribution in [1.29, 1.82) is 0 Å². The summed E-state index contributed by atoms with van der Waals surface area (Å²) in [5.74, 6) is -0.285. The predicted octanol–water partition coefficient (Wildman–Crippen LogP) is 2.32. The van der Waals surface area contributed by atoms with E-state index in [1.54, 1.807) is 12.1 Å². The number of likely N-dealkylation sites (N-methyl/N-ethyl adjacent to an activating group) is 1. The smallest absolute Gasteiger partial charge is 0.0821 e. The standard InChI is InChI=1S/C11H15Cl2NO/c1-14(2,3)5-4-8-6-9(12)11(15)10(13)7-8/h6-7H,4-5H2,1-3H3.